The minimum Gasteiger partial charge on any atom is -0.483 e. The molecule has 4 heteroatoms. The smallest absolute Gasteiger partial charge is 0.258 e. The van der Waals surface area contributed by atoms with Gasteiger partial charge >= 0.3 is 0 Å². The van der Waals surface area contributed by atoms with Crippen LogP contribution in [0.5, 0.6) is 5.75 Å². The minimum atomic E-state index is -0.204. The third-order valence-corrected chi connectivity index (χ3v) is 4.72. The fraction of sp³-hybridized carbons (Fsp3) is 0.333. The molecule has 25 heavy (non-hydrogen) atoms. The highest BCUT2D eigenvalue weighted by molar-refractivity contribution is 6.04. The number of Topliss-reactive ketones (excluding diaryl/α,β-unsaturated/α-hetero) is 1. The number of benzene rings is 2. The van der Waals surface area contributed by atoms with Crippen molar-refractivity contribution in [2.24, 2.45) is 0 Å². The molecule has 0 heterocycles. The van der Waals surface area contributed by atoms with Gasteiger partial charge in [0.15, 0.2) is 12.4 Å². The standard InChI is InChI=1S/C21H23NO3/c1-13-9-10-18(21-17(23)11-14(2)20(13)21)25-12-19(24)22-15(3)16-7-5-4-6-8-16/h4-10,14-15H,11-12H2,1-3H3,(H,22,24)/t14-,15-/m1/s1. The Balaban J connectivity index is 1.67. The first-order chi connectivity index (χ1) is 12.0. The molecule has 4 nitrogen and oxygen atoms in total. The summed E-state index contributed by atoms with van der Waals surface area (Å²) in [7, 11) is 0. The monoisotopic (exact) mass is 337 g/mol. The van der Waals surface area contributed by atoms with E-state index in [1.54, 1.807) is 6.07 Å². The Morgan fingerprint density at radius 1 is 1.24 bits per heavy atom. The zero-order valence-corrected chi connectivity index (χ0v) is 14.8. The van der Waals surface area contributed by atoms with Crippen LogP contribution in [0, 0.1) is 6.92 Å². The summed E-state index contributed by atoms with van der Waals surface area (Å²) in [5.41, 5.74) is 3.84. The number of fused-ring (bicyclic) bond motifs is 1. The van der Waals surface area contributed by atoms with Gasteiger partial charge in [-0.25, -0.2) is 0 Å². The zero-order valence-electron chi connectivity index (χ0n) is 14.8. The predicted molar refractivity (Wildman–Crippen MR) is 97.0 cm³/mol. The average Bonchev–Trinajstić information content (AvgIpc) is 2.90. The Hall–Kier alpha value is -2.62. The molecule has 0 aromatic heterocycles. The van der Waals surface area contributed by atoms with Gasteiger partial charge in [-0.3, -0.25) is 9.59 Å². The van der Waals surface area contributed by atoms with Crippen LogP contribution >= 0.6 is 0 Å². The van der Waals surface area contributed by atoms with Gasteiger partial charge < -0.3 is 10.1 Å². The van der Waals surface area contributed by atoms with Crippen LogP contribution in [-0.4, -0.2) is 18.3 Å². The number of carbonyl (C=O) groups is 2. The molecule has 0 bridgehead atoms. The van der Waals surface area contributed by atoms with Gasteiger partial charge in [-0.1, -0.05) is 43.3 Å². The third-order valence-electron chi connectivity index (χ3n) is 4.72. The van der Waals surface area contributed by atoms with Crippen molar-refractivity contribution in [3.8, 4) is 5.75 Å². The summed E-state index contributed by atoms with van der Waals surface area (Å²) < 4.78 is 5.69. The van der Waals surface area contributed by atoms with Gasteiger partial charge in [0.1, 0.15) is 5.75 Å². The molecular formula is C21H23NO3. The Kier molecular flexibility index (Phi) is 4.88. The lowest BCUT2D eigenvalue weighted by Gasteiger charge is -2.16. The molecule has 0 radical (unpaired) electrons. The summed E-state index contributed by atoms with van der Waals surface area (Å²) in [6.45, 7) is 5.89. The quantitative estimate of drug-likeness (QED) is 0.899. The van der Waals surface area contributed by atoms with E-state index in [0.29, 0.717) is 17.7 Å². The van der Waals surface area contributed by atoms with Crippen molar-refractivity contribution in [1.82, 2.24) is 5.32 Å². The topological polar surface area (TPSA) is 55.4 Å². The number of amides is 1. The van der Waals surface area contributed by atoms with Gasteiger partial charge in [-0.2, -0.15) is 0 Å². The molecule has 2 aromatic carbocycles. The van der Waals surface area contributed by atoms with Crippen molar-refractivity contribution in [3.05, 3.63) is 64.7 Å². The van der Waals surface area contributed by atoms with Crippen molar-refractivity contribution >= 4 is 11.7 Å². The summed E-state index contributed by atoms with van der Waals surface area (Å²) in [6, 6.07) is 13.4. The van der Waals surface area contributed by atoms with E-state index >= 15 is 0 Å². The first-order valence-corrected chi connectivity index (χ1v) is 8.61. The molecular weight excluding hydrogens is 314 g/mol. The number of carbonyl (C=O) groups excluding carboxylic acids is 2. The van der Waals surface area contributed by atoms with Crippen molar-refractivity contribution in [2.75, 3.05) is 6.61 Å². The molecule has 2 atom stereocenters. The Morgan fingerprint density at radius 3 is 2.68 bits per heavy atom. The van der Waals surface area contributed by atoms with Crippen LogP contribution in [0.15, 0.2) is 42.5 Å². The molecule has 1 aliphatic rings. The average molecular weight is 337 g/mol. The second kappa shape index (κ2) is 7.09. The maximum Gasteiger partial charge on any atom is 0.258 e. The zero-order chi connectivity index (χ0) is 18.0. The van der Waals surface area contributed by atoms with E-state index in [1.807, 2.05) is 50.2 Å². The van der Waals surface area contributed by atoms with E-state index in [4.69, 9.17) is 4.74 Å². The van der Waals surface area contributed by atoms with E-state index in [9.17, 15) is 9.59 Å². The lowest BCUT2D eigenvalue weighted by molar-refractivity contribution is -0.123. The van der Waals surface area contributed by atoms with Gasteiger partial charge in [-0.05, 0) is 42.5 Å². The van der Waals surface area contributed by atoms with E-state index in [-0.39, 0.29) is 30.3 Å². The molecule has 1 amide bonds. The molecule has 130 valence electrons. The summed E-state index contributed by atoms with van der Waals surface area (Å²) in [5.74, 6) is 0.610. The summed E-state index contributed by atoms with van der Waals surface area (Å²) in [4.78, 5) is 24.5. The Bertz CT molecular complexity index is 798. The van der Waals surface area contributed by atoms with Gasteiger partial charge in [0.2, 0.25) is 0 Å². The van der Waals surface area contributed by atoms with Crippen molar-refractivity contribution in [3.63, 3.8) is 0 Å². The molecule has 0 unspecified atom stereocenters. The molecule has 2 aromatic rings. The highest BCUT2D eigenvalue weighted by Crippen LogP contribution is 2.40. The molecule has 1 aliphatic carbocycles. The number of ketones is 1. The number of rotatable bonds is 5. The van der Waals surface area contributed by atoms with Gasteiger partial charge in [-0.15, -0.1) is 0 Å². The largest absolute Gasteiger partial charge is 0.483 e. The molecule has 1 N–H and O–H groups in total. The number of aryl methyl sites for hydroxylation is 1. The maximum absolute atomic E-state index is 12.3. The van der Waals surface area contributed by atoms with Crippen LogP contribution in [0.25, 0.3) is 0 Å². The summed E-state index contributed by atoms with van der Waals surface area (Å²) in [5, 5.41) is 2.92. The predicted octanol–water partition coefficient (Wildman–Crippen LogP) is 3.94. The van der Waals surface area contributed by atoms with Crippen molar-refractivity contribution in [2.45, 2.75) is 39.2 Å². The molecule has 0 spiro atoms. The van der Waals surface area contributed by atoms with Crippen molar-refractivity contribution in [1.29, 1.82) is 0 Å². The van der Waals surface area contributed by atoms with E-state index in [1.165, 1.54) is 0 Å². The van der Waals surface area contributed by atoms with E-state index in [2.05, 4.69) is 12.2 Å². The lowest BCUT2D eigenvalue weighted by atomic mass is 9.97. The number of nitrogens with one attached hydrogen (secondary N) is 1. The van der Waals surface area contributed by atoms with Gasteiger partial charge in [0, 0.05) is 6.42 Å². The second-order valence-electron chi connectivity index (χ2n) is 6.69. The minimum absolute atomic E-state index is 0.0947. The molecule has 0 saturated heterocycles. The molecule has 0 aliphatic heterocycles. The van der Waals surface area contributed by atoms with Gasteiger partial charge in [0.05, 0.1) is 11.6 Å². The van der Waals surface area contributed by atoms with E-state index in [0.717, 1.165) is 16.7 Å². The van der Waals surface area contributed by atoms with E-state index < -0.39 is 0 Å². The Morgan fingerprint density at radius 2 is 1.96 bits per heavy atom. The highest BCUT2D eigenvalue weighted by Gasteiger charge is 2.31. The lowest BCUT2D eigenvalue weighted by Crippen LogP contribution is -2.31. The third kappa shape index (κ3) is 3.58. The number of ether oxygens (including phenoxy) is 1. The molecule has 3 rings (SSSR count). The Labute approximate surface area is 148 Å². The van der Waals surface area contributed by atoms with Crippen LogP contribution in [0.2, 0.25) is 0 Å². The first kappa shape index (κ1) is 17.2. The number of hydrogen-bond acceptors (Lipinski definition) is 3. The summed E-state index contributed by atoms with van der Waals surface area (Å²) in [6.07, 6.45) is 0.508. The van der Waals surface area contributed by atoms with Crippen molar-refractivity contribution < 1.29 is 14.3 Å². The SMILES string of the molecule is Cc1ccc(OCC(=O)N[C@H](C)c2ccccc2)c2c1[C@H](C)CC2=O. The summed E-state index contributed by atoms with van der Waals surface area (Å²) >= 11 is 0. The first-order valence-electron chi connectivity index (χ1n) is 8.61. The number of hydrogen-bond donors (Lipinski definition) is 1. The molecule has 0 saturated carbocycles. The maximum atomic E-state index is 12.3. The fourth-order valence-electron chi connectivity index (χ4n) is 3.48. The van der Waals surface area contributed by atoms with Crippen LogP contribution in [0.4, 0.5) is 0 Å². The van der Waals surface area contributed by atoms with Crippen LogP contribution in [-0.2, 0) is 4.79 Å². The fourth-order valence-corrected chi connectivity index (χ4v) is 3.48. The van der Waals surface area contributed by atoms with Crippen LogP contribution < -0.4 is 10.1 Å². The normalized spacial score (nSPS) is 17.1. The van der Waals surface area contributed by atoms with Crippen LogP contribution in [0.1, 0.15) is 59.3 Å². The van der Waals surface area contributed by atoms with Gasteiger partial charge in [0.25, 0.3) is 5.91 Å². The molecule has 0 fully saturated rings. The van der Waals surface area contributed by atoms with Crippen LogP contribution in [0.3, 0.4) is 0 Å². The highest BCUT2D eigenvalue weighted by atomic mass is 16.5. The second-order valence-corrected chi connectivity index (χ2v) is 6.69.